The first-order valence-electron chi connectivity index (χ1n) is 13.7. The number of fused-ring (bicyclic) bond motifs is 3. The van der Waals surface area contributed by atoms with Gasteiger partial charge in [-0.3, -0.25) is 14.4 Å². The van der Waals surface area contributed by atoms with Crippen molar-refractivity contribution in [3.63, 3.8) is 0 Å². The number of hydrogen-bond acceptors (Lipinski definition) is 12. The topological polar surface area (TPSA) is 186 Å². The summed E-state index contributed by atoms with van der Waals surface area (Å²) in [5.41, 5.74) is 2.97. The Labute approximate surface area is 263 Å². The van der Waals surface area contributed by atoms with E-state index in [1.54, 1.807) is 18.3 Å². The Hall–Kier alpha value is -3.36. The fourth-order valence-corrected chi connectivity index (χ4v) is 6.34. The molecule has 0 bridgehead atoms. The van der Waals surface area contributed by atoms with Crippen LogP contribution in [0, 0.1) is 0 Å². The minimum Gasteiger partial charge on any atom is -0.507 e. The van der Waals surface area contributed by atoms with Gasteiger partial charge in [-0.2, -0.15) is 11.3 Å². The van der Waals surface area contributed by atoms with Crippen molar-refractivity contribution < 1.29 is 49.0 Å². The van der Waals surface area contributed by atoms with Crippen molar-refractivity contribution >= 4 is 41.1 Å². The van der Waals surface area contributed by atoms with Gasteiger partial charge in [-0.25, -0.2) is 0 Å². The number of carbonyl (C=O) groups is 3. The number of methoxy groups -OCH3 is 1. The van der Waals surface area contributed by atoms with Crippen LogP contribution in [0.25, 0.3) is 0 Å². The van der Waals surface area contributed by atoms with Crippen molar-refractivity contribution in [3.05, 3.63) is 74.5 Å². The highest BCUT2D eigenvalue weighted by Crippen LogP contribution is 2.52. The summed E-state index contributed by atoms with van der Waals surface area (Å²) < 4.78 is 17.1. The highest BCUT2D eigenvalue weighted by molar-refractivity contribution is 7.07. The molecule has 6 rings (SSSR count). The minimum atomic E-state index is -2.00. The quantitative estimate of drug-likeness (QED) is 0.205. The summed E-state index contributed by atoms with van der Waals surface area (Å²) in [6.07, 6.45) is -4.53. The second-order valence-electron chi connectivity index (χ2n) is 10.9. The highest BCUT2D eigenvalue weighted by Gasteiger charge is 2.49. The molecule has 2 aromatic carbocycles. The third-order valence-corrected chi connectivity index (χ3v) is 8.85. The molecular formula is C31H34ClNO10S. The average molecular weight is 648 g/mol. The number of Topliss-reactive ketones (excluding diaryl/α,β-unsaturated/α-hetero) is 1. The van der Waals surface area contributed by atoms with Crippen LogP contribution in [0.4, 0.5) is 0 Å². The fraction of sp³-hybridized carbons (Fsp3) is 0.387. The van der Waals surface area contributed by atoms with Gasteiger partial charge in [0.05, 0.1) is 42.1 Å². The van der Waals surface area contributed by atoms with E-state index in [0.29, 0.717) is 0 Å². The molecule has 1 fully saturated rings. The average Bonchev–Trinajstić information content (AvgIpc) is 3.56. The summed E-state index contributed by atoms with van der Waals surface area (Å²) >= 11 is 1.71. The van der Waals surface area contributed by atoms with Crippen molar-refractivity contribution in [2.75, 3.05) is 7.11 Å². The van der Waals surface area contributed by atoms with Crippen molar-refractivity contribution in [1.29, 1.82) is 0 Å². The Morgan fingerprint density at radius 1 is 1.07 bits per heavy atom. The van der Waals surface area contributed by atoms with Crippen LogP contribution in [0.15, 0.2) is 41.1 Å². The molecule has 3 aromatic rings. The van der Waals surface area contributed by atoms with Gasteiger partial charge in [0.15, 0.2) is 17.9 Å². The molecule has 0 radical (unpaired) electrons. The number of carbonyl (C=O) groups excluding carboxylic acids is 3. The van der Waals surface area contributed by atoms with E-state index < -0.39 is 82.6 Å². The van der Waals surface area contributed by atoms with E-state index in [9.17, 15) is 34.8 Å². The Kier molecular flexibility index (Phi) is 9.86. The molecule has 11 nitrogen and oxygen atoms in total. The summed E-state index contributed by atoms with van der Waals surface area (Å²) in [6, 6.07) is 7.78. The van der Waals surface area contributed by atoms with Crippen LogP contribution in [0.1, 0.15) is 75.8 Å². The van der Waals surface area contributed by atoms with Crippen LogP contribution in [-0.4, -0.2) is 75.0 Å². The molecule has 44 heavy (non-hydrogen) atoms. The molecular weight excluding hydrogens is 614 g/mol. The maximum atomic E-state index is 13.6. The van der Waals surface area contributed by atoms with Crippen LogP contribution in [0.3, 0.4) is 0 Å². The zero-order valence-electron chi connectivity index (χ0n) is 24.2. The van der Waals surface area contributed by atoms with Crippen LogP contribution in [0.5, 0.6) is 17.2 Å². The monoisotopic (exact) mass is 647 g/mol. The molecule has 1 aliphatic heterocycles. The number of ketones is 3. The van der Waals surface area contributed by atoms with E-state index in [1.807, 2.05) is 22.9 Å². The molecule has 0 spiro atoms. The van der Waals surface area contributed by atoms with Crippen molar-refractivity contribution in [2.45, 2.75) is 69.4 Å². The number of thiophene rings is 1. The van der Waals surface area contributed by atoms with Crippen molar-refractivity contribution in [2.24, 2.45) is 5.73 Å². The summed E-state index contributed by atoms with van der Waals surface area (Å²) in [5, 5.41) is 48.2. The molecule has 1 aromatic heterocycles. The van der Waals surface area contributed by atoms with Crippen molar-refractivity contribution in [3.8, 4) is 17.2 Å². The summed E-state index contributed by atoms with van der Waals surface area (Å²) in [5.74, 6) is -3.18. The zero-order chi connectivity index (χ0) is 31.2. The molecule has 1 saturated heterocycles. The number of nitrogens with two attached hydrogens (primary N) is 1. The van der Waals surface area contributed by atoms with Gasteiger partial charge < -0.3 is 40.4 Å². The lowest BCUT2D eigenvalue weighted by atomic mass is 9.72. The number of phenolic OH excluding ortho intramolecular Hbond substituents is 2. The SMILES string of the molecule is COc1cccc2c1C(=O)c1c(O)c3c(c(O)c1C2=O)C[C@@](O)(C(C)=O)C[C@@H]3OC1CC(N)C(O)C(C)O1.Cl.c1ccsc1. The normalized spacial score (nSPS) is 27.1. The predicted molar refractivity (Wildman–Crippen MR) is 162 cm³/mol. The molecule has 4 unspecified atom stereocenters. The Morgan fingerprint density at radius 3 is 2.30 bits per heavy atom. The smallest absolute Gasteiger partial charge is 0.202 e. The van der Waals surface area contributed by atoms with Gasteiger partial charge >= 0.3 is 0 Å². The third-order valence-electron chi connectivity index (χ3n) is 8.22. The highest BCUT2D eigenvalue weighted by atomic mass is 35.5. The first-order valence-corrected chi connectivity index (χ1v) is 14.7. The number of ether oxygens (including phenoxy) is 3. The summed E-state index contributed by atoms with van der Waals surface area (Å²) in [6.45, 7) is 2.79. The van der Waals surface area contributed by atoms with Crippen molar-refractivity contribution in [1.82, 2.24) is 0 Å². The number of aromatic hydroxyl groups is 2. The third kappa shape index (κ3) is 5.74. The van der Waals surface area contributed by atoms with Gasteiger partial charge in [0.25, 0.3) is 0 Å². The van der Waals surface area contributed by atoms with E-state index in [1.165, 1.54) is 32.2 Å². The molecule has 236 valence electrons. The van der Waals surface area contributed by atoms with Gasteiger partial charge in [-0.15, -0.1) is 12.4 Å². The Bertz CT molecular complexity index is 1550. The van der Waals surface area contributed by atoms with E-state index in [4.69, 9.17) is 19.9 Å². The first kappa shape index (κ1) is 33.5. The Morgan fingerprint density at radius 2 is 1.73 bits per heavy atom. The standard InChI is InChI=1S/C27H29NO10.C4H4S.ClH/c1-10-22(30)14(28)7-17(37-10)38-16-9-27(35,11(2)29)8-13-19(16)26(34)21-20(24(13)32)23(31)12-5-4-6-15(36-3)18(12)25(21)33;1-2-4-5-3-1;/h4-6,10,14,16-17,22,30,32,34-35H,7-9,28H2,1-3H3;1-4H;1H/t10?,14?,16-,17?,22?,27-;;/m0../s1. The summed E-state index contributed by atoms with van der Waals surface area (Å²) in [7, 11) is 1.34. The number of phenols is 2. The molecule has 2 heterocycles. The fourth-order valence-electron chi connectivity index (χ4n) is 5.89. The lowest BCUT2D eigenvalue weighted by Gasteiger charge is -2.42. The number of benzene rings is 2. The second-order valence-corrected chi connectivity index (χ2v) is 11.7. The number of rotatable bonds is 4. The molecule has 13 heteroatoms. The maximum absolute atomic E-state index is 13.6. The molecule has 2 aliphatic carbocycles. The van der Waals surface area contributed by atoms with E-state index >= 15 is 0 Å². The van der Waals surface area contributed by atoms with Gasteiger partial charge in [0, 0.05) is 42.0 Å². The second kappa shape index (κ2) is 12.9. The Balaban J connectivity index is 0.000000670. The number of hydrogen-bond donors (Lipinski definition) is 5. The zero-order valence-corrected chi connectivity index (χ0v) is 25.8. The summed E-state index contributed by atoms with van der Waals surface area (Å²) in [4.78, 5) is 39.6. The number of aliphatic hydroxyl groups is 2. The maximum Gasteiger partial charge on any atom is 0.202 e. The lowest BCUT2D eigenvalue weighted by molar-refractivity contribution is -0.247. The molecule has 6 N–H and O–H groups in total. The molecule has 0 saturated carbocycles. The van der Waals surface area contributed by atoms with Crippen LogP contribution in [0.2, 0.25) is 0 Å². The molecule has 6 atom stereocenters. The first-order chi connectivity index (χ1) is 20.4. The van der Waals surface area contributed by atoms with Gasteiger partial charge in [0.2, 0.25) is 5.78 Å². The number of aliphatic hydroxyl groups excluding tert-OH is 1. The number of halogens is 1. The predicted octanol–water partition coefficient (Wildman–Crippen LogP) is 3.20. The van der Waals surface area contributed by atoms with E-state index in [-0.39, 0.29) is 53.3 Å². The van der Waals surface area contributed by atoms with Crippen LogP contribution >= 0.6 is 23.7 Å². The lowest BCUT2D eigenvalue weighted by Crippen LogP contribution is -2.52. The van der Waals surface area contributed by atoms with Crippen LogP contribution < -0.4 is 10.5 Å². The van der Waals surface area contributed by atoms with Gasteiger partial charge in [-0.05, 0) is 30.7 Å². The van der Waals surface area contributed by atoms with Gasteiger partial charge in [0.1, 0.15) is 22.8 Å². The molecule has 0 amide bonds. The van der Waals surface area contributed by atoms with Gasteiger partial charge in [-0.1, -0.05) is 24.3 Å². The van der Waals surface area contributed by atoms with E-state index in [0.717, 1.165) is 0 Å². The minimum absolute atomic E-state index is 0. The largest absolute Gasteiger partial charge is 0.507 e. The van der Waals surface area contributed by atoms with Crippen LogP contribution in [-0.2, 0) is 20.7 Å². The molecule has 3 aliphatic rings. The van der Waals surface area contributed by atoms with E-state index in [2.05, 4.69) is 0 Å².